The van der Waals surface area contributed by atoms with E-state index >= 15 is 0 Å². The lowest BCUT2D eigenvalue weighted by Gasteiger charge is -2.29. The molecule has 1 fully saturated rings. The lowest BCUT2D eigenvalue weighted by atomic mass is 9.85. The Kier molecular flexibility index (Phi) is 8.83. The van der Waals surface area contributed by atoms with Crippen LogP contribution in [0.4, 0.5) is 0 Å². The number of fused-ring (bicyclic) bond motifs is 1. The Labute approximate surface area is 203 Å². The Hall–Kier alpha value is -2.48. The second-order valence-corrected chi connectivity index (χ2v) is 9.62. The number of hydrogen-bond donors (Lipinski definition) is 1. The Morgan fingerprint density at radius 3 is 2.45 bits per heavy atom. The van der Waals surface area contributed by atoms with Gasteiger partial charge in [-0.25, -0.2) is 0 Å². The van der Waals surface area contributed by atoms with Crippen molar-refractivity contribution < 1.29 is 19.2 Å². The van der Waals surface area contributed by atoms with E-state index in [1.165, 1.54) is 9.80 Å². The maximum absolute atomic E-state index is 13.3. The van der Waals surface area contributed by atoms with Crippen LogP contribution >= 0.6 is 15.9 Å². The van der Waals surface area contributed by atoms with Crippen LogP contribution in [0.25, 0.3) is 0 Å². The van der Waals surface area contributed by atoms with Gasteiger partial charge in [-0.3, -0.25) is 24.1 Å². The minimum absolute atomic E-state index is 0.00900. The Morgan fingerprint density at radius 2 is 1.85 bits per heavy atom. The van der Waals surface area contributed by atoms with E-state index < -0.39 is 6.04 Å². The van der Waals surface area contributed by atoms with Gasteiger partial charge in [-0.1, -0.05) is 53.6 Å². The van der Waals surface area contributed by atoms with Gasteiger partial charge in [-0.2, -0.15) is 0 Å². The van der Waals surface area contributed by atoms with Crippen LogP contribution in [0, 0.1) is 11.8 Å². The molecule has 7 nitrogen and oxygen atoms in total. The first-order chi connectivity index (χ1) is 15.8. The number of allylic oxidation sites excluding steroid dienone is 2. The van der Waals surface area contributed by atoms with Crippen LogP contribution in [0.15, 0.2) is 40.9 Å². The average Bonchev–Trinajstić information content (AvgIpc) is 3.05. The summed E-state index contributed by atoms with van der Waals surface area (Å²) < 4.78 is 0.886. The van der Waals surface area contributed by atoms with E-state index in [1.54, 1.807) is 6.92 Å². The number of nitrogens with zero attached hydrogens (tertiary/aromatic N) is 2. The number of imide groups is 1. The third-order valence-electron chi connectivity index (χ3n) is 6.39. The van der Waals surface area contributed by atoms with Crippen molar-refractivity contribution in [1.29, 1.82) is 0 Å². The largest absolute Gasteiger partial charge is 0.354 e. The van der Waals surface area contributed by atoms with Crippen molar-refractivity contribution >= 4 is 39.6 Å². The van der Waals surface area contributed by atoms with E-state index in [0.29, 0.717) is 19.4 Å². The summed E-state index contributed by atoms with van der Waals surface area (Å²) in [6, 6.07) is 6.91. The van der Waals surface area contributed by atoms with Crippen molar-refractivity contribution in [1.82, 2.24) is 15.1 Å². The summed E-state index contributed by atoms with van der Waals surface area (Å²) in [7, 11) is 0. The zero-order valence-corrected chi connectivity index (χ0v) is 20.8. The van der Waals surface area contributed by atoms with E-state index in [2.05, 4.69) is 21.2 Å². The van der Waals surface area contributed by atoms with Gasteiger partial charge in [-0.15, -0.1) is 0 Å². The Bertz CT molecular complexity index is 906. The molecule has 2 aliphatic rings. The van der Waals surface area contributed by atoms with Crippen molar-refractivity contribution in [2.24, 2.45) is 11.8 Å². The van der Waals surface area contributed by atoms with Gasteiger partial charge in [0.25, 0.3) is 0 Å². The summed E-state index contributed by atoms with van der Waals surface area (Å²) >= 11 is 3.45. The van der Waals surface area contributed by atoms with E-state index in [4.69, 9.17) is 0 Å². The fourth-order valence-corrected chi connectivity index (χ4v) is 4.84. The van der Waals surface area contributed by atoms with Gasteiger partial charge < -0.3 is 10.2 Å². The number of carbonyl (C=O) groups is 4. The highest BCUT2D eigenvalue weighted by Crippen LogP contribution is 2.35. The molecule has 1 N–H and O–H groups in total. The number of rotatable bonds is 10. The second-order valence-electron chi connectivity index (χ2n) is 8.71. The molecule has 0 spiro atoms. The molecule has 1 aromatic carbocycles. The minimum atomic E-state index is -0.676. The fourth-order valence-electron chi connectivity index (χ4n) is 4.39. The maximum atomic E-state index is 13.3. The van der Waals surface area contributed by atoms with E-state index in [-0.39, 0.29) is 55.0 Å². The van der Waals surface area contributed by atoms with E-state index in [9.17, 15) is 19.2 Å². The van der Waals surface area contributed by atoms with Crippen molar-refractivity contribution in [3.8, 4) is 0 Å². The molecular formula is C25H32BrN3O4. The maximum Gasteiger partial charge on any atom is 0.242 e. The topological polar surface area (TPSA) is 86.8 Å². The van der Waals surface area contributed by atoms with Crippen LogP contribution in [0.5, 0.6) is 0 Å². The lowest BCUT2D eigenvalue weighted by molar-refractivity contribution is -0.143. The summed E-state index contributed by atoms with van der Waals surface area (Å²) in [5.74, 6) is -1.46. The summed E-state index contributed by atoms with van der Waals surface area (Å²) in [6.07, 6.45) is 6.86. The molecule has 4 amide bonds. The third kappa shape index (κ3) is 6.10. The molecule has 1 heterocycles. The van der Waals surface area contributed by atoms with Gasteiger partial charge in [-0.05, 0) is 43.9 Å². The number of amides is 4. The van der Waals surface area contributed by atoms with E-state index in [0.717, 1.165) is 22.9 Å². The monoisotopic (exact) mass is 517 g/mol. The number of benzene rings is 1. The van der Waals surface area contributed by atoms with Crippen LogP contribution in [-0.2, 0) is 25.7 Å². The highest BCUT2D eigenvalue weighted by atomic mass is 79.9. The molecule has 1 aliphatic heterocycles. The zero-order chi connectivity index (χ0) is 24.0. The number of carbonyl (C=O) groups excluding carboxylic acids is 4. The summed E-state index contributed by atoms with van der Waals surface area (Å²) in [5.41, 5.74) is 0.886. The number of hydrogen-bond acceptors (Lipinski definition) is 4. The first kappa shape index (κ1) is 25.1. The first-order valence-electron chi connectivity index (χ1n) is 11.6. The molecule has 1 aliphatic carbocycles. The smallest absolute Gasteiger partial charge is 0.242 e. The Balaban J connectivity index is 1.69. The number of likely N-dealkylation sites (tertiary alicyclic amines) is 1. The van der Waals surface area contributed by atoms with Gasteiger partial charge >= 0.3 is 0 Å². The molecule has 1 saturated heterocycles. The summed E-state index contributed by atoms with van der Waals surface area (Å²) in [5, 5.41) is 2.89. The molecule has 0 bridgehead atoms. The minimum Gasteiger partial charge on any atom is -0.354 e. The first-order valence-corrected chi connectivity index (χ1v) is 12.4. The van der Waals surface area contributed by atoms with Crippen molar-refractivity contribution in [3.63, 3.8) is 0 Å². The van der Waals surface area contributed by atoms with Crippen LogP contribution in [0.2, 0.25) is 0 Å². The van der Waals surface area contributed by atoms with Gasteiger partial charge in [0.05, 0.1) is 11.8 Å². The lowest BCUT2D eigenvalue weighted by Crippen LogP contribution is -2.48. The van der Waals surface area contributed by atoms with Crippen LogP contribution in [0.3, 0.4) is 0 Å². The normalized spacial score (nSPS) is 20.5. The Morgan fingerprint density at radius 1 is 1.18 bits per heavy atom. The number of unbranched alkanes of at least 4 members (excludes halogenated alkanes) is 1. The second kappa shape index (κ2) is 11.6. The van der Waals surface area contributed by atoms with Gasteiger partial charge in [0.15, 0.2) is 0 Å². The van der Waals surface area contributed by atoms with Gasteiger partial charge in [0.1, 0.15) is 6.04 Å². The molecule has 1 unspecified atom stereocenters. The predicted octanol–water partition coefficient (Wildman–Crippen LogP) is 3.42. The van der Waals surface area contributed by atoms with E-state index in [1.807, 2.05) is 43.3 Å². The van der Waals surface area contributed by atoms with Gasteiger partial charge in [0, 0.05) is 30.5 Å². The molecule has 0 radical (unpaired) electrons. The highest BCUT2D eigenvalue weighted by Gasteiger charge is 2.47. The standard InChI is InChI=1S/C25H32BrN3O4/c1-3-4-13-27-23(31)17(2)29(16-18-8-7-9-19(26)15-18)22(30)12-14-28-24(32)20-10-5-6-11-21(20)25(28)33/h5-9,15,17,20-21H,3-4,10-14,16H2,1-2H3,(H,27,31)/t17?,20-,21+. The van der Waals surface area contributed by atoms with Crippen molar-refractivity contribution in [3.05, 3.63) is 46.5 Å². The zero-order valence-electron chi connectivity index (χ0n) is 19.3. The van der Waals surface area contributed by atoms with Crippen molar-refractivity contribution in [2.45, 2.75) is 58.5 Å². The molecule has 178 valence electrons. The molecule has 3 rings (SSSR count). The fraction of sp³-hybridized carbons (Fsp3) is 0.520. The molecule has 1 aromatic rings. The number of halogens is 1. The summed E-state index contributed by atoms with van der Waals surface area (Å²) in [4.78, 5) is 54.2. The SMILES string of the molecule is CCCCNC(=O)C(C)N(Cc1cccc(Br)c1)C(=O)CCN1C(=O)[C@H]2CC=CC[C@H]2C1=O. The summed E-state index contributed by atoms with van der Waals surface area (Å²) in [6.45, 7) is 4.63. The van der Waals surface area contributed by atoms with Crippen LogP contribution in [0.1, 0.15) is 51.5 Å². The molecule has 0 saturated carbocycles. The molecule has 8 heteroatoms. The van der Waals surface area contributed by atoms with Crippen LogP contribution < -0.4 is 5.32 Å². The molecular weight excluding hydrogens is 486 g/mol. The number of nitrogens with one attached hydrogen (secondary N) is 1. The molecule has 0 aromatic heterocycles. The van der Waals surface area contributed by atoms with Crippen LogP contribution in [-0.4, -0.2) is 52.6 Å². The quantitative estimate of drug-likeness (QED) is 0.292. The average molecular weight is 518 g/mol. The highest BCUT2D eigenvalue weighted by molar-refractivity contribution is 9.10. The molecule has 33 heavy (non-hydrogen) atoms. The third-order valence-corrected chi connectivity index (χ3v) is 6.88. The predicted molar refractivity (Wildman–Crippen MR) is 129 cm³/mol. The van der Waals surface area contributed by atoms with Gasteiger partial charge in [0.2, 0.25) is 23.6 Å². The van der Waals surface area contributed by atoms with Crippen molar-refractivity contribution in [2.75, 3.05) is 13.1 Å². The molecule has 3 atom stereocenters.